The molecule has 13 heavy (non-hydrogen) atoms. The minimum Gasteiger partial charge on any atom is -0.414 e. The summed E-state index contributed by atoms with van der Waals surface area (Å²) in [5, 5.41) is 0. The first-order valence-corrected chi connectivity index (χ1v) is 4.05. The normalized spacial score (nSPS) is 9.69. The molecule has 0 fully saturated rings. The zero-order chi connectivity index (χ0) is 9.68. The SMILES string of the molecule is COCc1cccc(OC(=O)Cl)c1. The second kappa shape index (κ2) is 4.84. The quantitative estimate of drug-likeness (QED) is 0.704. The maximum atomic E-state index is 10.4. The maximum Gasteiger partial charge on any atom is 0.409 e. The van der Waals surface area contributed by atoms with Gasteiger partial charge in [-0.1, -0.05) is 12.1 Å². The lowest BCUT2D eigenvalue weighted by Crippen LogP contribution is -1.97. The van der Waals surface area contributed by atoms with E-state index in [1.54, 1.807) is 25.3 Å². The van der Waals surface area contributed by atoms with Crippen LogP contribution < -0.4 is 4.74 Å². The largest absolute Gasteiger partial charge is 0.414 e. The highest BCUT2D eigenvalue weighted by Crippen LogP contribution is 2.14. The average molecular weight is 201 g/mol. The third kappa shape index (κ3) is 3.44. The van der Waals surface area contributed by atoms with Crippen LogP contribution in [0.3, 0.4) is 0 Å². The highest BCUT2D eigenvalue weighted by Gasteiger charge is 2.00. The van der Waals surface area contributed by atoms with Gasteiger partial charge in [-0.3, -0.25) is 0 Å². The van der Waals surface area contributed by atoms with E-state index in [9.17, 15) is 4.79 Å². The molecule has 0 atom stereocenters. The Bertz CT molecular complexity index is 299. The molecular formula is C9H9ClO3. The van der Waals surface area contributed by atoms with Crippen molar-refractivity contribution in [3.63, 3.8) is 0 Å². The van der Waals surface area contributed by atoms with Crippen molar-refractivity contribution in [3.05, 3.63) is 29.8 Å². The Balaban J connectivity index is 2.73. The molecule has 3 nitrogen and oxygen atoms in total. The van der Waals surface area contributed by atoms with Gasteiger partial charge in [-0.2, -0.15) is 0 Å². The molecular weight excluding hydrogens is 192 g/mol. The van der Waals surface area contributed by atoms with Crippen molar-refractivity contribution < 1.29 is 14.3 Å². The lowest BCUT2D eigenvalue weighted by atomic mass is 10.2. The Kier molecular flexibility index (Phi) is 3.73. The summed E-state index contributed by atoms with van der Waals surface area (Å²) in [6.45, 7) is 0.480. The molecule has 1 aromatic carbocycles. The summed E-state index contributed by atoms with van der Waals surface area (Å²) in [6.07, 6.45) is 0. The van der Waals surface area contributed by atoms with Gasteiger partial charge in [0.1, 0.15) is 5.75 Å². The number of halogens is 1. The van der Waals surface area contributed by atoms with E-state index in [2.05, 4.69) is 4.74 Å². The molecule has 0 unspecified atom stereocenters. The van der Waals surface area contributed by atoms with E-state index in [1.165, 1.54) is 0 Å². The minimum absolute atomic E-state index is 0.426. The van der Waals surface area contributed by atoms with Crippen LogP contribution in [0, 0.1) is 0 Å². The van der Waals surface area contributed by atoms with Gasteiger partial charge in [-0.25, -0.2) is 4.79 Å². The number of hydrogen-bond acceptors (Lipinski definition) is 3. The first-order chi connectivity index (χ1) is 6.22. The van der Waals surface area contributed by atoms with Crippen LogP contribution >= 0.6 is 11.6 Å². The Hall–Kier alpha value is -1.06. The summed E-state index contributed by atoms with van der Waals surface area (Å²) < 4.78 is 9.59. The predicted octanol–water partition coefficient (Wildman–Crippen LogP) is 2.57. The molecule has 0 amide bonds. The third-order valence-corrected chi connectivity index (χ3v) is 1.48. The van der Waals surface area contributed by atoms with Crippen LogP contribution in [-0.4, -0.2) is 12.5 Å². The first kappa shape index (κ1) is 10.0. The fourth-order valence-electron chi connectivity index (χ4n) is 0.958. The van der Waals surface area contributed by atoms with E-state index in [4.69, 9.17) is 16.3 Å². The number of carbonyl (C=O) groups excluding carboxylic acids is 1. The summed E-state index contributed by atoms with van der Waals surface area (Å²) in [7, 11) is 1.60. The molecule has 0 aliphatic heterocycles. The molecule has 0 bridgehead atoms. The molecule has 0 heterocycles. The second-order valence-corrected chi connectivity index (χ2v) is 2.73. The second-order valence-electron chi connectivity index (χ2n) is 2.42. The Labute approximate surface area is 81.2 Å². The molecule has 0 spiro atoms. The van der Waals surface area contributed by atoms with Crippen molar-refractivity contribution in [2.45, 2.75) is 6.61 Å². The van der Waals surface area contributed by atoms with Crippen LogP contribution in [0.15, 0.2) is 24.3 Å². The predicted molar refractivity (Wildman–Crippen MR) is 49.0 cm³/mol. The van der Waals surface area contributed by atoms with Crippen LogP contribution in [0.1, 0.15) is 5.56 Å². The van der Waals surface area contributed by atoms with Crippen LogP contribution in [0.4, 0.5) is 4.79 Å². The summed E-state index contributed by atoms with van der Waals surface area (Å²) >= 11 is 5.05. The van der Waals surface area contributed by atoms with E-state index in [-0.39, 0.29) is 0 Å². The topological polar surface area (TPSA) is 35.5 Å². The molecule has 0 aliphatic rings. The number of methoxy groups -OCH3 is 1. The van der Waals surface area contributed by atoms with E-state index in [0.29, 0.717) is 12.4 Å². The molecule has 4 heteroatoms. The fraction of sp³-hybridized carbons (Fsp3) is 0.222. The molecule has 0 N–H and O–H groups in total. The Morgan fingerprint density at radius 3 is 2.92 bits per heavy atom. The molecule has 1 rings (SSSR count). The minimum atomic E-state index is -0.838. The van der Waals surface area contributed by atoms with Crippen molar-refractivity contribution in [2.75, 3.05) is 7.11 Å². The number of rotatable bonds is 3. The highest BCUT2D eigenvalue weighted by atomic mass is 35.5. The van der Waals surface area contributed by atoms with E-state index in [0.717, 1.165) is 5.56 Å². The summed E-state index contributed by atoms with van der Waals surface area (Å²) in [4.78, 5) is 10.4. The standard InChI is InChI=1S/C9H9ClO3/c1-12-6-7-3-2-4-8(5-7)13-9(10)11/h2-5H,6H2,1H3. The van der Waals surface area contributed by atoms with Crippen LogP contribution in [0.2, 0.25) is 0 Å². The number of benzene rings is 1. The Morgan fingerprint density at radius 1 is 1.54 bits per heavy atom. The molecule has 0 aliphatic carbocycles. The summed E-state index contributed by atoms with van der Waals surface area (Å²) in [6, 6.07) is 6.99. The zero-order valence-electron chi connectivity index (χ0n) is 7.12. The smallest absolute Gasteiger partial charge is 0.409 e. The maximum absolute atomic E-state index is 10.4. The van der Waals surface area contributed by atoms with E-state index < -0.39 is 5.43 Å². The molecule has 0 radical (unpaired) electrons. The van der Waals surface area contributed by atoms with Crippen molar-refractivity contribution in [1.82, 2.24) is 0 Å². The summed E-state index contributed by atoms with van der Waals surface area (Å²) in [5.41, 5.74) is 0.0903. The fourth-order valence-corrected chi connectivity index (χ4v) is 1.05. The number of carbonyl (C=O) groups is 1. The van der Waals surface area contributed by atoms with Gasteiger partial charge in [0.15, 0.2) is 0 Å². The van der Waals surface area contributed by atoms with Gasteiger partial charge in [0.25, 0.3) is 0 Å². The number of ether oxygens (including phenoxy) is 2. The molecule has 0 aromatic heterocycles. The van der Waals surface area contributed by atoms with E-state index >= 15 is 0 Å². The first-order valence-electron chi connectivity index (χ1n) is 3.67. The zero-order valence-corrected chi connectivity index (χ0v) is 7.88. The van der Waals surface area contributed by atoms with Crippen molar-refractivity contribution in [3.8, 4) is 5.75 Å². The van der Waals surface area contributed by atoms with Gasteiger partial charge in [0, 0.05) is 18.7 Å². The molecule has 0 saturated carbocycles. The lowest BCUT2D eigenvalue weighted by Gasteiger charge is -2.02. The van der Waals surface area contributed by atoms with Crippen LogP contribution in [-0.2, 0) is 11.3 Å². The highest BCUT2D eigenvalue weighted by molar-refractivity contribution is 6.61. The van der Waals surface area contributed by atoms with Crippen molar-refractivity contribution >= 4 is 17.0 Å². The van der Waals surface area contributed by atoms with E-state index in [1.807, 2.05) is 6.07 Å². The van der Waals surface area contributed by atoms with Gasteiger partial charge in [0.2, 0.25) is 0 Å². The summed E-state index contributed by atoms with van der Waals surface area (Å²) in [5.74, 6) is 0.426. The van der Waals surface area contributed by atoms with Gasteiger partial charge >= 0.3 is 5.43 Å². The van der Waals surface area contributed by atoms with Crippen LogP contribution in [0.25, 0.3) is 0 Å². The third-order valence-electron chi connectivity index (χ3n) is 1.41. The average Bonchev–Trinajstić information content (AvgIpc) is 2.04. The van der Waals surface area contributed by atoms with Crippen LogP contribution in [0.5, 0.6) is 5.75 Å². The molecule has 1 aromatic rings. The van der Waals surface area contributed by atoms with Gasteiger partial charge in [0.05, 0.1) is 6.61 Å². The lowest BCUT2D eigenvalue weighted by molar-refractivity contribution is 0.184. The van der Waals surface area contributed by atoms with Gasteiger partial charge in [-0.05, 0) is 17.7 Å². The molecule has 0 saturated heterocycles. The van der Waals surface area contributed by atoms with Crippen molar-refractivity contribution in [1.29, 1.82) is 0 Å². The van der Waals surface area contributed by atoms with Gasteiger partial charge < -0.3 is 9.47 Å². The number of hydrogen-bond donors (Lipinski definition) is 0. The monoisotopic (exact) mass is 200 g/mol. The molecule has 70 valence electrons. The van der Waals surface area contributed by atoms with Gasteiger partial charge in [-0.15, -0.1) is 0 Å². The Morgan fingerprint density at radius 2 is 2.31 bits per heavy atom. The van der Waals surface area contributed by atoms with Crippen molar-refractivity contribution in [2.24, 2.45) is 0 Å².